The Hall–Kier alpha value is -3.32. The highest BCUT2D eigenvalue weighted by molar-refractivity contribution is 7.12. The van der Waals surface area contributed by atoms with Crippen LogP contribution in [0.15, 0.2) is 77.2 Å². The third-order valence-corrected chi connectivity index (χ3v) is 5.59. The molecule has 146 valence electrons. The van der Waals surface area contributed by atoms with E-state index in [-0.39, 0.29) is 24.1 Å². The van der Waals surface area contributed by atoms with E-state index in [1.165, 1.54) is 23.2 Å². The lowest BCUT2D eigenvalue weighted by atomic mass is 10.0. The number of nitrogens with zero attached hydrogens (tertiary/aromatic N) is 2. The molecule has 0 bridgehead atoms. The molecule has 0 radical (unpaired) electrons. The van der Waals surface area contributed by atoms with Crippen LogP contribution >= 0.6 is 11.3 Å². The molecular formula is C22H18FN3O2S. The number of thiophene rings is 1. The first-order chi connectivity index (χ1) is 14.1. The van der Waals surface area contributed by atoms with Crippen LogP contribution in [0.3, 0.4) is 0 Å². The fourth-order valence-corrected chi connectivity index (χ4v) is 3.97. The molecule has 7 heteroatoms. The summed E-state index contributed by atoms with van der Waals surface area (Å²) in [4.78, 5) is 26.1. The number of amides is 2. The molecule has 0 spiro atoms. The predicted molar refractivity (Wildman–Crippen MR) is 110 cm³/mol. The summed E-state index contributed by atoms with van der Waals surface area (Å²) in [7, 11) is 0. The molecule has 0 fully saturated rings. The maximum Gasteiger partial charge on any atom is 0.262 e. The van der Waals surface area contributed by atoms with Crippen molar-refractivity contribution in [3.05, 3.63) is 93.9 Å². The van der Waals surface area contributed by atoms with Gasteiger partial charge in [0.1, 0.15) is 5.82 Å². The van der Waals surface area contributed by atoms with Gasteiger partial charge in [0.15, 0.2) is 0 Å². The van der Waals surface area contributed by atoms with E-state index >= 15 is 0 Å². The number of rotatable bonds is 5. The lowest BCUT2D eigenvalue weighted by Gasteiger charge is -2.22. The molecule has 3 aromatic rings. The number of hydrogen-bond donors (Lipinski definition) is 1. The van der Waals surface area contributed by atoms with Crippen LogP contribution in [0.1, 0.15) is 33.3 Å². The van der Waals surface area contributed by atoms with Crippen molar-refractivity contribution in [3.63, 3.8) is 0 Å². The molecule has 0 saturated carbocycles. The van der Waals surface area contributed by atoms with Crippen LogP contribution < -0.4 is 5.32 Å². The molecule has 2 heterocycles. The summed E-state index contributed by atoms with van der Waals surface area (Å²) >= 11 is 1.57. The molecule has 1 N–H and O–H groups in total. The lowest BCUT2D eigenvalue weighted by Crippen LogP contribution is -2.38. The number of carbonyl (C=O) groups excluding carboxylic acids is 2. The minimum atomic E-state index is -0.630. The van der Waals surface area contributed by atoms with Gasteiger partial charge in [0.2, 0.25) is 0 Å². The normalized spacial score (nSPS) is 15.8. The molecule has 0 saturated heterocycles. The molecule has 2 aromatic carbocycles. The summed E-state index contributed by atoms with van der Waals surface area (Å²) in [5.41, 5.74) is 1.71. The van der Waals surface area contributed by atoms with E-state index in [0.29, 0.717) is 6.42 Å². The van der Waals surface area contributed by atoms with Gasteiger partial charge < -0.3 is 5.32 Å². The van der Waals surface area contributed by atoms with E-state index in [1.54, 1.807) is 17.4 Å². The molecule has 5 nitrogen and oxygen atoms in total. The van der Waals surface area contributed by atoms with Gasteiger partial charge in [0.25, 0.3) is 11.8 Å². The number of halogens is 1. The Bertz CT molecular complexity index is 1050. The topological polar surface area (TPSA) is 61.8 Å². The second-order valence-electron chi connectivity index (χ2n) is 6.56. The number of carbonyl (C=O) groups is 2. The number of nitrogens with one attached hydrogen (secondary N) is 1. The largest absolute Gasteiger partial charge is 0.343 e. The van der Waals surface area contributed by atoms with Crippen molar-refractivity contribution in [1.29, 1.82) is 0 Å². The maximum atomic E-state index is 13.8. The zero-order valence-corrected chi connectivity index (χ0v) is 16.2. The summed E-state index contributed by atoms with van der Waals surface area (Å²) in [5.74, 6) is -1.61. The van der Waals surface area contributed by atoms with Gasteiger partial charge in [-0.1, -0.05) is 48.5 Å². The third-order valence-electron chi connectivity index (χ3n) is 4.67. The van der Waals surface area contributed by atoms with Crippen molar-refractivity contribution >= 4 is 28.9 Å². The molecule has 2 amide bonds. The fraction of sp³-hybridized carbons (Fsp3) is 0.136. The number of benzene rings is 2. The van der Waals surface area contributed by atoms with Crippen LogP contribution in [0.2, 0.25) is 0 Å². The molecule has 4 rings (SSSR count). The highest BCUT2D eigenvalue weighted by atomic mass is 32.1. The highest BCUT2D eigenvalue weighted by Gasteiger charge is 2.33. The van der Waals surface area contributed by atoms with Gasteiger partial charge in [-0.25, -0.2) is 9.40 Å². The quantitative estimate of drug-likeness (QED) is 0.695. The second-order valence-corrected chi connectivity index (χ2v) is 7.50. The molecule has 1 aromatic heterocycles. The Balaban J connectivity index is 1.52. The fourth-order valence-electron chi connectivity index (χ4n) is 3.24. The average molecular weight is 407 g/mol. The van der Waals surface area contributed by atoms with Gasteiger partial charge >= 0.3 is 0 Å². The summed E-state index contributed by atoms with van der Waals surface area (Å²) in [5, 5.41) is 10.4. The smallest absolute Gasteiger partial charge is 0.262 e. The van der Waals surface area contributed by atoms with Crippen LogP contribution in [0.4, 0.5) is 4.39 Å². The van der Waals surface area contributed by atoms with Crippen molar-refractivity contribution < 1.29 is 14.0 Å². The van der Waals surface area contributed by atoms with Crippen LogP contribution in [-0.2, 0) is 4.79 Å². The Morgan fingerprint density at radius 2 is 1.83 bits per heavy atom. The van der Waals surface area contributed by atoms with Crippen molar-refractivity contribution in [2.24, 2.45) is 5.10 Å². The van der Waals surface area contributed by atoms with Gasteiger partial charge in [-0.05, 0) is 29.1 Å². The summed E-state index contributed by atoms with van der Waals surface area (Å²) < 4.78 is 13.8. The molecule has 1 aliphatic rings. The van der Waals surface area contributed by atoms with E-state index in [0.717, 1.165) is 16.2 Å². The van der Waals surface area contributed by atoms with Crippen molar-refractivity contribution in [3.8, 4) is 0 Å². The van der Waals surface area contributed by atoms with Gasteiger partial charge in [-0.15, -0.1) is 11.3 Å². The summed E-state index contributed by atoms with van der Waals surface area (Å²) in [6.07, 6.45) is 0.595. The molecular weight excluding hydrogens is 389 g/mol. The first-order valence-corrected chi connectivity index (χ1v) is 10.0. The molecule has 29 heavy (non-hydrogen) atoms. The van der Waals surface area contributed by atoms with Crippen LogP contribution in [-0.4, -0.2) is 29.1 Å². The van der Waals surface area contributed by atoms with Gasteiger partial charge in [0, 0.05) is 6.42 Å². The second kappa shape index (κ2) is 8.36. The van der Waals surface area contributed by atoms with E-state index in [4.69, 9.17) is 0 Å². The van der Waals surface area contributed by atoms with Gasteiger partial charge in [-0.2, -0.15) is 5.10 Å². The molecule has 1 atom stereocenters. The van der Waals surface area contributed by atoms with Crippen molar-refractivity contribution in [2.75, 3.05) is 6.54 Å². The monoisotopic (exact) mass is 407 g/mol. The summed E-state index contributed by atoms with van der Waals surface area (Å²) in [6.45, 7) is -0.266. The van der Waals surface area contributed by atoms with Gasteiger partial charge in [0.05, 0.1) is 28.7 Å². The van der Waals surface area contributed by atoms with Crippen LogP contribution in [0.25, 0.3) is 0 Å². The average Bonchev–Trinajstić information content (AvgIpc) is 3.42. The zero-order chi connectivity index (χ0) is 20.2. The number of hydrogen-bond acceptors (Lipinski definition) is 4. The molecule has 1 unspecified atom stereocenters. The Morgan fingerprint density at radius 1 is 1.07 bits per heavy atom. The third kappa shape index (κ3) is 4.09. The SMILES string of the molecule is O=C(NCC(=O)N1N=C(c2cccs2)CC1c1ccccc1)c1ccccc1F. The first kappa shape index (κ1) is 19.0. The van der Waals surface area contributed by atoms with Gasteiger partial charge in [-0.3, -0.25) is 9.59 Å². The molecule has 0 aliphatic carbocycles. The van der Waals surface area contributed by atoms with Crippen LogP contribution in [0.5, 0.6) is 0 Å². The van der Waals surface area contributed by atoms with Crippen molar-refractivity contribution in [2.45, 2.75) is 12.5 Å². The Morgan fingerprint density at radius 3 is 2.55 bits per heavy atom. The summed E-state index contributed by atoms with van der Waals surface area (Å²) in [6, 6.07) is 19.0. The maximum absolute atomic E-state index is 13.8. The Kier molecular flexibility index (Phi) is 5.48. The van der Waals surface area contributed by atoms with E-state index in [1.807, 2.05) is 47.8 Å². The Labute approximate surface area is 171 Å². The first-order valence-electron chi connectivity index (χ1n) is 9.14. The minimum absolute atomic E-state index is 0.0934. The lowest BCUT2D eigenvalue weighted by molar-refractivity contribution is -0.131. The highest BCUT2D eigenvalue weighted by Crippen LogP contribution is 2.33. The van der Waals surface area contributed by atoms with E-state index in [9.17, 15) is 14.0 Å². The van der Waals surface area contributed by atoms with E-state index < -0.39 is 11.7 Å². The van der Waals surface area contributed by atoms with Crippen molar-refractivity contribution in [1.82, 2.24) is 10.3 Å². The standard InChI is InChI=1S/C22H18FN3O2S/c23-17-10-5-4-9-16(17)22(28)24-14-21(27)26-19(15-7-2-1-3-8-15)13-18(25-26)20-11-6-12-29-20/h1-12,19H,13-14H2,(H,24,28). The minimum Gasteiger partial charge on any atom is -0.343 e. The zero-order valence-electron chi connectivity index (χ0n) is 15.4. The van der Waals surface area contributed by atoms with Crippen LogP contribution in [0, 0.1) is 5.82 Å². The number of hydrazone groups is 1. The molecule has 1 aliphatic heterocycles. The predicted octanol–water partition coefficient (Wildman–Crippen LogP) is 3.99. The van der Waals surface area contributed by atoms with E-state index in [2.05, 4.69) is 10.4 Å².